The Hall–Kier alpha value is -1.12. The van der Waals surface area contributed by atoms with E-state index >= 15 is 0 Å². The van der Waals surface area contributed by atoms with E-state index in [1.807, 2.05) is 20.8 Å². The first-order chi connectivity index (χ1) is 6.61. The zero-order chi connectivity index (χ0) is 10.7. The summed E-state index contributed by atoms with van der Waals surface area (Å²) >= 11 is 0. The van der Waals surface area contributed by atoms with Crippen LogP contribution in [0.25, 0.3) is 0 Å². The van der Waals surface area contributed by atoms with Crippen molar-refractivity contribution in [1.82, 2.24) is 0 Å². The van der Waals surface area contributed by atoms with E-state index in [1.165, 1.54) is 5.57 Å². The van der Waals surface area contributed by atoms with Gasteiger partial charge in [-0.25, -0.2) is 4.79 Å². The van der Waals surface area contributed by atoms with Crippen LogP contribution in [0.2, 0.25) is 0 Å². The number of hydrogen-bond donors (Lipinski definition) is 0. The summed E-state index contributed by atoms with van der Waals surface area (Å²) in [5, 5.41) is 0. The number of aliphatic imine (C=N–C) groups is 1. The second kappa shape index (κ2) is 4.40. The van der Waals surface area contributed by atoms with Crippen molar-refractivity contribution >= 4 is 11.7 Å². The van der Waals surface area contributed by atoms with E-state index in [2.05, 4.69) is 11.9 Å². The fraction of sp³-hybridized carbons (Fsp3) is 0.636. The molecule has 1 heterocycles. The molecule has 3 heteroatoms. The number of carbonyl (C=O) groups is 1. The van der Waals surface area contributed by atoms with Gasteiger partial charge >= 0.3 is 5.97 Å². The molecular formula is C11H17NO2. The lowest BCUT2D eigenvalue weighted by Crippen LogP contribution is -2.21. The highest BCUT2D eigenvalue weighted by Gasteiger charge is 2.28. The molecule has 0 amide bonds. The molecule has 1 atom stereocenters. The van der Waals surface area contributed by atoms with Crippen LogP contribution in [0.3, 0.4) is 0 Å². The molecule has 0 bridgehead atoms. The molecule has 1 aliphatic rings. The Morgan fingerprint density at radius 3 is 2.50 bits per heavy atom. The minimum Gasteiger partial charge on any atom is -0.464 e. The summed E-state index contributed by atoms with van der Waals surface area (Å²) in [6, 6.07) is -0.384. The monoisotopic (exact) mass is 195 g/mol. The molecule has 0 fully saturated rings. The Kier molecular flexibility index (Phi) is 3.44. The summed E-state index contributed by atoms with van der Waals surface area (Å²) in [7, 11) is 0. The minimum absolute atomic E-state index is 0.229. The van der Waals surface area contributed by atoms with Gasteiger partial charge in [0.25, 0.3) is 0 Å². The van der Waals surface area contributed by atoms with Gasteiger partial charge < -0.3 is 4.74 Å². The van der Waals surface area contributed by atoms with E-state index in [9.17, 15) is 4.79 Å². The standard InChI is InChI=1S/C11H17NO2/c1-5-9-7(3)10(12-8(9)4)11(13)14-6-2/h10H,5-6H2,1-4H3/t10-/m0/s1. The Balaban J connectivity index is 2.85. The summed E-state index contributed by atoms with van der Waals surface area (Å²) in [6.45, 7) is 8.20. The number of allylic oxidation sites excluding steroid dienone is 1. The molecule has 0 N–H and O–H groups in total. The van der Waals surface area contributed by atoms with Crippen molar-refractivity contribution in [2.45, 2.75) is 40.2 Å². The highest BCUT2D eigenvalue weighted by atomic mass is 16.5. The molecule has 0 aromatic heterocycles. The Morgan fingerprint density at radius 1 is 1.43 bits per heavy atom. The van der Waals surface area contributed by atoms with Crippen molar-refractivity contribution in [3.05, 3.63) is 11.1 Å². The Bertz CT molecular complexity index is 302. The van der Waals surface area contributed by atoms with Crippen molar-refractivity contribution in [3.63, 3.8) is 0 Å². The normalized spacial score (nSPS) is 21.1. The van der Waals surface area contributed by atoms with Gasteiger partial charge in [0.2, 0.25) is 0 Å². The van der Waals surface area contributed by atoms with Crippen LogP contribution in [0.15, 0.2) is 16.1 Å². The number of ether oxygens (including phenoxy) is 1. The quantitative estimate of drug-likeness (QED) is 0.647. The summed E-state index contributed by atoms with van der Waals surface area (Å²) in [5.41, 5.74) is 3.22. The summed E-state index contributed by atoms with van der Waals surface area (Å²) < 4.78 is 4.96. The average Bonchev–Trinajstić information content (AvgIpc) is 2.42. The first kappa shape index (κ1) is 11.0. The molecule has 0 aromatic carbocycles. The van der Waals surface area contributed by atoms with Crippen molar-refractivity contribution in [3.8, 4) is 0 Å². The maximum Gasteiger partial charge on any atom is 0.335 e. The van der Waals surface area contributed by atoms with Gasteiger partial charge in [0.1, 0.15) is 0 Å². The molecule has 0 unspecified atom stereocenters. The number of hydrogen-bond acceptors (Lipinski definition) is 3. The first-order valence-electron chi connectivity index (χ1n) is 5.02. The molecule has 1 aliphatic heterocycles. The fourth-order valence-corrected chi connectivity index (χ4v) is 1.80. The smallest absolute Gasteiger partial charge is 0.335 e. The first-order valence-corrected chi connectivity index (χ1v) is 5.02. The topological polar surface area (TPSA) is 38.7 Å². The molecule has 0 radical (unpaired) electrons. The summed E-state index contributed by atoms with van der Waals surface area (Å²) in [4.78, 5) is 15.8. The van der Waals surface area contributed by atoms with E-state index < -0.39 is 0 Å². The third-order valence-electron chi connectivity index (χ3n) is 2.51. The van der Waals surface area contributed by atoms with Gasteiger partial charge in [-0.3, -0.25) is 4.99 Å². The van der Waals surface area contributed by atoms with E-state index in [0.29, 0.717) is 6.61 Å². The molecule has 3 nitrogen and oxygen atoms in total. The van der Waals surface area contributed by atoms with Crippen LogP contribution < -0.4 is 0 Å². The maximum atomic E-state index is 11.5. The fourth-order valence-electron chi connectivity index (χ4n) is 1.80. The lowest BCUT2D eigenvalue weighted by Gasteiger charge is -2.08. The van der Waals surface area contributed by atoms with Gasteiger partial charge in [0.15, 0.2) is 6.04 Å². The van der Waals surface area contributed by atoms with Gasteiger partial charge in [0, 0.05) is 5.71 Å². The predicted octanol–water partition coefficient (Wildman–Crippen LogP) is 2.12. The SMILES string of the molecule is CCOC(=O)[C@H]1N=C(C)C(CC)=C1C. The largest absolute Gasteiger partial charge is 0.464 e. The van der Waals surface area contributed by atoms with Crippen LogP contribution in [0.5, 0.6) is 0 Å². The van der Waals surface area contributed by atoms with Gasteiger partial charge in [-0.1, -0.05) is 6.92 Å². The second-order valence-electron chi connectivity index (χ2n) is 3.38. The van der Waals surface area contributed by atoms with E-state index in [4.69, 9.17) is 4.74 Å². The van der Waals surface area contributed by atoms with Crippen LogP contribution in [-0.2, 0) is 9.53 Å². The molecule has 0 saturated carbocycles. The Labute approximate surface area is 84.9 Å². The third kappa shape index (κ3) is 1.86. The molecular weight excluding hydrogens is 178 g/mol. The Morgan fingerprint density at radius 2 is 2.07 bits per heavy atom. The average molecular weight is 195 g/mol. The van der Waals surface area contributed by atoms with Crippen LogP contribution in [-0.4, -0.2) is 24.3 Å². The molecule has 0 saturated heterocycles. The van der Waals surface area contributed by atoms with E-state index in [-0.39, 0.29) is 12.0 Å². The van der Waals surface area contributed by atoms with Gasteiger partial charge in [-0.2, -0.15) is 0 Å². The molecule has 14 heavy (non-hydrogen) atoms. The van der Waals surface area contributed by atoms with Crippen molar-refractivity contribution in [1.29, 1.82) is 0 Å². The van der Waals surface area contributed by atoms with Crippen LogP contribution in [0.1, 0.15) is 34.1 Å². The molecule has 0 spiro atoms. The molecule has 0 aromatic rings. The van der Waals surface area contributed by atoms with Crippen molar-refractivity contribution < 1.29 is 9.53 Å². The summed E-state index contributed by atoms with van der Waals surface area (Å²) in [5.74, 6) is -0.229. The highest BCUT2D eigenvalue weighted by molar-refractivity contribution is 6.04. The lowest BCUT2D eigenvalue weighted by molar-refractivity contribution is -0.143. The van der Waals surface area contributed by atoms with Crippen LogP contribution >= 0.6 is 0 Å². The number of nitrogens with zero attached hydrogens (tertiary/aromatic N) is 1. The lowest BCUT2D eigenvalue weighted by atomic mass is 10.0. The molecule has 0 aliphatic carbocycles. The number of esters is 1. The predicted molar refractivity (Wildman–Crippen MR) is 56.5 cm³/mol. The van der Waals surface area contributed by atoms with Gasteiger partial charge in [0.05, 0.1) is 6.61 Å². The zero-order valence-electron chi connectivity index (χ0n) is 9.26. The number of carbonyl (C=O) groups excluding carboxylic acids is 1. The third-order valence-corrected chi connectivity index (χ3v) is 2.51. The molecule has 1 rings (SSSR count). The second-order valence-corrected chi connectivity index (χ2v) is 3.38. The van der Waals surface area contributed by atoms with Gasteiger partial charge in [-0.15, -0.1) is 0 Å². The number of rotatable bonds is 3. The van der Waals surface area contributed by atoms with Gasteiger partial charge in [-0.05, 0) is 38.3 Å². The summed E-state index contributed by atoms with van der Waals surface area (Å²) in [6.07, 6.45) is 0.928. The molecule has 78 valence electrons. The minimum atomic E-state index is -0.384. The van der Waals surface area contributed by atoms with Crippen molar-refractivity contribution in [2.24, 2.45) is 4.99 Å². The van der Waals surface area contributed by atoms with Crippen molar-refractivity contribution in [2.75, 3.05) is 6.61 Å². The maximum absolute atomic E-state index is 11.5. The highest BCUT2D eigenvalue weighted by Crippen LogP contribution is 2.24. The van der Waals surface area contributed by atoms with E-state index in [0.717, 1.165) is 17.7 Å². The van der Waals surface area contributed by atoms with Crippen LogP contribution in [0, 0.1) is 0 Å². The zero-order valence-corrected chi connectivity index (χ0v) is 9.26. The van der Waals surface area contributed by atoms with E-state index in [1.54, 1.807) is 0 Å². The van der Waals surface area contributed by atoms with Crippen LogP contribution in [0.4, 0.5) is 0 Å².